The van der Waals surface area contributed by atoms with E-state index in [-0.39, 0.29) is 17.4 Å². The lowest BCUT2D eigenvalue weighted by atomic mass is 9.79. The maximum absolute atomic E-state index is 10.5. The van der Waals surface area contributed by atoms with Crippen molar-refractivity contribution >= 4 is 0 Å². The van der Waals surface area contributed by atoms with Crippen molar-refractivity contribution in [3.05, 3.63) is 23.3 Å². The zero-order valence-electron chi connectivity index (χ0n) is 19.2. The average molecular weight is 392 g/mol. The van der Waals surface area contributed by atoms with Crippen LogP contribution in [-0.4, -0.2) is 37.5 Å². The average Bonchev–Trinajstić information content (AvgIpc) is 3.01. The Hall–Kier alpha value is -1.26. The van der Waals surface area contributed by atoms with Crippen molar-refractivity contribution in [2.75, 3.05) is 20.3 Å². The summed E-state index contributed by atoms with van der Waals surface area (Å²) in [5.74, 6) is 2.52. The van der Waals surface area contributed by atoms with Gasteiger partial charge in [-0.1, -0.05) is 48.5 Å². The van der Waals surface area contributed by atoms with Crippen LogP contribution in [0.3, 0.4) is 0 Å². The van der Waals surface area contributed by atoms with Crippen molar-refractivity contribution < 1.29 is 14.6 Å². The maximum Gasteiger partial charge on any atom is 0.127 e. The molecule has 0 spiro atoms. The molecule has 1 aliphatic rings. The summed E-state index contributed by atoms with van der Waals surface area (Å²) < 4.78 is 11.8. The van der Waals surface area contributed by atoms with Gasteiger partial charge in [0, 0.05) is 23.7 Å². The fourth-order valence-electron chi connectivity index (χ4n) is 3.92. The lowest BCUT2D eigenvalue weighted by molar-refractivity contribution is 0.101. The van der Waals surface area contributed by atoms with Gasteiger partial charge in [-0.2, -0.15) is 0 Å². The number of benzene rings is 1. The molecule has 1 saturated carbocycles. The maximum atomic E-state index is 10.5. The number of rotatable bonds is 7. The minimum Gasteiger partial charge on any atom is -0.497 e. The monoisotopic (exact) mass is 391 g/mol. The molecule has 2 N–H and O–H groups in total. The second-order valence-corrected chi connectivity index (χ2v) is 10.5. The largest absolute Gasteiger partial charge is 0.497 e. The predicted molar refractivity (Wildman–Crippen MR) is 117 cm³/mol. The van der Waals surface area contributed by atoms with Gasteiger partial charge in [0.15, 0.2) is 0 Å². The second-order valence-electron chi connectivity index (χ2n) is 10.5. The molecule has 0 radical (unpaired) electrons. The van der Waals surface area contributed by atoms with E-state index in [1.54, 1.807) is 7.11 Å². The molecular formula is C24H41NO3. The van der Waals surface area contributed by atoms with E-state index in [2.05, 4.69) is 65.9 Å². The van der Waals surface area contributed by atoms with E-state index in [4.69, 9.17) is 9.47 Å². The Bertz CT molecular complexity index is 607. The van der Waals surface area contributed by atoms with E-state index >= 15 is 0 Å². The lowest BCUT2D eigenvalue weighted by Crippen LogP contribution is -2.37. The first-order chi connectivity index (χ1) is 12.9. The number of hydrogen-bond donors (Lipinski definition) is 2. The molecule has 28 heavy (non-hydrogen) atoms. The van der Waals surface area contributed by atoms with Crippen LogP contribution in [0.2, 0.25) is 0 Å². The molecule has 3 atom stereocenters. The molecule has 2 rings (SSSR count). The molecule has 1 aromatic carbocycles. The van der Waals surface area contributed by atoms with Gasteiger partial charge in [-0.05, 0) is 48.1 Å². The van der Waals surface area contributed by atoms with Gasteiger partial charge in [0.2, 0.25) is 0 Å². The molecule has 0 aromatic heterocycles. The number of hydrogen-bond acceptors (Lipinski definition) is 4. The van der Waals surface area contributed by atoms with Crippen LogP contribution in [0.5, 0.6) is 11.5 Å². The standard InChI is InChI=1S/C24H41NO3/c1-16-9-10-17(11-16)25-14-18(26)15-28-22-20(23(2,3)4)12-19(27-8)13-21(22)24(5,6)7/h12-13,16-18,25-26H,9-11,14-15H2,1-8H3. The topological polar surface area (TPSA) is 50.7 Å². The molecule has 160 valence electrons. The van der Waals surface area contributed by atoms with E-state index in [0.29, 0.717) is 12.6 Å². The summed E-state index contributed by atoms with van der Waals surface area (Å²) in [6, 6.07) is 4.66. The van der Waals surface area contributed by atoms with Gasteiger partial charge in [0.05, 0.1) is 7.11 Å². The third kappa shape index (κ3) is 6.12. The fourth-order valence-corrected chi connectivity index (χ4v) is 3.92. The van der Waals surface area contributed by atoms with Crippen molar-refractivity contribution in [1.82, 2.24) is 5.32 Å². The van der Waals surface area contributed by atoms with Crippen LogP contribution in [-0.2, 0) is 10.8 Å². The van der Waals surface area contributed by atoms with E-state index < -0.39 is 6.10 Å². The third-order valence-electron chi connectivity index (χ3n) is 5.67. The van der Waals surface area contributed by atoms with Crippen molar-refractivity contribution in [3.63, 3.8) is 0 Å². The highest BCUT2D eigenvalue weighted by Crippen LogP contribution is 2.42. The molecule has 0 bridgehead atoms. The highest BCUT2D eigenvalue weighted by Gasteiger charge is 2.29. The van der Waals surface area contributed by atoms with Gasteiger partial charge in [0.1, 0.15) is 24.2 Å². The van der Waals surface area contributed by atoms with Crippen molar-refractivity contribution in [2.24, 2.45) is 5.92 Å². The van der Waals surface area contributed by atoms with E-state index in [9.17, 15) is 5.11 Å². The Morgan fingerprint density at radius 3 is 2.07 bits per heavy atom. The minimum absolute atomic E-state index is 0.0902. The van der Waals surface area contributed by atoms with Gasteiger partial charge in [-0.3, -0.25) is 0 Å². The van der Waals surface area contributed by atoms with Crippen LogP contribution in [0, 0.1) is 5.92 Å². The molecule has 1 aliphatic carbocycles. The van der Waals surface area contributed by atoms with Gasteiger partial charge in [-0.25, -0.2) is 0 Å². The normalized spacial score (nSPS) is 21.6. The summed E-state index contributed by atoms with van der Waals surface area (Å²) in [5.41, 5.74) is 2.04. The van der Waals surface area contributed by atoms with Crippen molar-refractivity contribution in [3.8, 4) is 11.5 Å². The summed E-state index contributed by atoms with van der Waals surface area (Å²) >= 11 is 0. The van der Waals surface area contributed by atoms with Crippen molar-refractivity contribution in [2.45, 2.75) is 90.7 Å². The van der Waals surface area contributed by atoms with E-state index in [1.807, 2.05) is 0 Å². The van der Waals surface area contributed by atoms with Crippen LogP contribution >= 0.6 is 0 Å². The summed E-state index contributed by atoms with van der Waals surface area (Å²) in [5, 5.41) is 14.0. The number of aliphatic hydroxyl groups is 1. The summed E-state index contributed by atoms with van der Waals surface area (Å²) in [4.78, 5) is 0. The lowest BCUT2D eigenvalue weighted by Gasteiger charge is -2.31. The minimum atomic E-state index is -0.529. The van der Waals surface area contributed by atoms with Crippen LogP contribution in [0.4, 0.5) is 0 Å². The zero-order valence-corrected chi connectivity index (χ0v) is 19.2. The van der Waals surface area contributed by atoms with Crippen LogP contribution < -0.4 is 14.8 Å². The smallest absolute Gasteiger partial charge is 0.127 e. The molecule has 4 nitrogen and oxygen atoms in total. The molecular weight excluding hydrogens is 350 g/mol. The van der Waals surface area contributed by atoms with Gasteiger partial charge < -0.3 is 19.9 Å². The van der Waals surface area contributed by atoms with Crippen molar-refractivity contribution in [1.29, 1.82) is 0 Å². The number of nitrogens with one attached hydrogen (secondary N) is 1. The Morgan fingerprint density at radius 2 is 1.64 bits per heavy atom. The third-order valence-corrected chi connectivity index (χ3v) is 5.67. The molecule has 0 saturated heterocycles. The zero-order chi connectivity index (χ0) is 21.1. The highest BCUT2D eigenvalue weighted by atomic mass is 16.5. The highest BCUT2D eigenvalue weighted by molar-refractivity contribution is 5.52. The Labute approximate surface area is 172 Å². The van der Waals surface area contributed by atoms with Crippen LogP contribution in [0.15, 0.2) is 12.1 Å². The molecule has 1 fully saturated rings. The van der Waals surface area contributed by atoms with Gasteiger partial charge >= 0.3 is 0 Å². The molecule has 4 heteroatoms. The Balaban J connectivity index is 2.16. The molecule has 0 amide bonds. The first kappa shape index (κ1) is 23.0. The molecule has 0 heterocycles. The first-order valence-electron chi connectivity index (χ1n) is 10.7. The Morgan fingerprint density at radius 1 is 1.07 bits per heavy atom. The second kappa shape index (κ2) is 9.04. The fraction of sp³-hybridized carbons (Fsp3) is 0.750. The van der Waals surface area contributed by atoms with Crippen LogP contribution in [0.25, 0.3) is 0 Å². The van der Waals surface area contributed by atoms with E-state index in [0.717, 1.165) is 28.5 Å². The SMILES string of the molecule is COc1cc(C(C)(C)C)c(OCC(O)CNC2CCC(C)C2)c(C(C)(C)C)c1. The summed E-state index contributed by atoms with van der Waals surface area (Å²) in [6.45, 7) is 16.2. The number of ether oxygens (including phenoxy) is 2. The van der Waals surface area contributed by atoms with Crippen LogP contribution in [0.1, 0.15) is 78.9 Å². The molecule has 0 aliphatic heterocycles. The number of methoxy groups -OCH3 is 1. The number of aliphatic hydroxyl groups excluding tert-OH is 1. The van der Waals surface area contributed by atoms with E-state index in [1.165, 1.54) is 19.3 Å². The predicted octanol–water partition coefficient (Wildman–Crippen LogP) is 4.81. The van der Waals surface area contributed by atoms with Gasteiger partial charge in [0.25, 0.3) is 0 Å². The first-order valence-corrected chi connectivity index (χ1v) is 10.7. The molecule has 1 aromatic rings. The van der Waals surface area contributed by atoms with Gasteiger partial charge in [-0.15, -0.1) is 0 Å². The quantitative estimate of drug-likeness (QED) is 0.700. The molecule has 3 unspecified atom stereocenters. The summed E-state index contributed by atoms with van der Waals surface area (Å²) in [6.07, 6.45) is 3.16. The summed E-state index contributed by atoms with van der Waals surface area (Å²) in [7, 11) is 1.70. The Kier molecular flexibility index (Phi) is 7.44.